The van der Waals surface area contributed by atoms with Crippen molar-refractivity contribution in [3.63, 3.8) is 0 Å². The molecule has 0 aliphatic rings. The first-order valence-corrected chi connectivity index (χ1v) is 6.36. The first-order chi connectivity index (χ1) is 9.43. The maximum atomic E-state index is 12.2. The number of carbonyl (C=O) groups excluding carboxylic acids is 1. The van der Waals surface area contributed by atoms with E-state index >= 15 is 0 Å². The van der Waals surface area contributed by atoms with Crippen LogP contribution >= 0.6 is 0 Å². The lowest BCUT2D eigenvalue weighted by Gasteiger charge is -2.19. The van der Waals surface area contributed by atoms with E-state index in [2.05, 4.69) is 0 Å². The van der Waals surface area contributed by atoms with E-state index in [-0.39, 0.29) is 5.78 Å². The van der Waals surface area contributed by atoms with Gasteiger partial charge in [0.15, 0.2) is 5.78 Å². The van der Waals surface area contributed by atoms with Crippen LogP contribution in [0.4, 0.5) is 0 Å². The van der Waals surface area contributed by atoms with Crippen molar-refractivity contribution in [1.29, 1.82) is 0 Å². The topological polar surface area (TPSA) is 54.4 Å². The van der Waals surface area contributed by atoms with Crippen molar-refractivity contribution >= 4 is 11.8 Å². The van der Waals surface area contributed by atoms with Gasteiger partial charge in [-0.25, -0.2) is 0 Å². The standard InChI is InChI=1S/C17H16O3/c1-17(2,16(19)20)14-10-8-13(9-11-14)15(18)12-6-4-3-5-7-12/h3-11H,1-2H3,(H,19,20). The number of carboxylic acids is 1. The summed E-state index contributed by atoms with van der Waals surface area (Å²) in [6.07, 6.45) is 0. The Bertz CT molecular complexity index is 625. The van der Waals surface area contributed by atoms with E-state index in [1.54, 1.807) is 50.2 Å². The summed E-state index contributed by atoms with van der Waals surface area (Å²) in [5.41, 5.74) is 0.891. The molecule has 0 aliphatic heterocycles. The molecule has 2 aromatic rings. The molecular formula is C17H16O3. The number of benzene rings is 2. The molecule has 3 nitrogen and oxygen atoms in total. The van der Waals surface area contributed by atoms with Crippen LogP contribution in [0.3, 0.4) is 0 Å². The van der Waals surface area contributed by atoms with Crippen LogP contribution in [0.5, 0.6) is 0 Å². The average Bonchev–Trinajstić information content (AvgIpc) is 2.47. The van der Waals surface area contributed by atoms with Gasteiger partial charge in [0.25, 0.3) is 0 Å². The Morgan fingerprint density at radius 1 is 0.850 bits per heavy atom. The number of hydrogen-bond donors (Lipinski definition) is 1. The van der Waals surface area contributed by atoms with Gasteiger partial charge in [-0.05, 0) is 19.4 Å². The first kappa shape index (κ1) is 14.0. The number of ketones is 1. The number of aliphatic carboxylic acids is 1. The van der Waals surface area contributed by atoms with Crippen molar-refractivity contribution in [2.45, 2.75) is 19.3 Å². The van der Waals surface area contributed by atoms with Crippen molar-refractivity contribution < 1.29 is 14.7 Å². The van der Waals surface area contributed by atoms with Gasteiger partial charge in [-0.2, -0.15) is 0 Å². The van der Waals surface area contributed by atoms with Crippen molar-refractivity contribution in [2.24, 2.45) is 0 Å². The Morgan fingerprint density at radius 2 is 1.35 bits per heavy atom. The highest BCUT2D eigenvalue weighted by Gasteiger charge is 2.29. The third kappa shape index (κ3) is 2.62. The molecule has 3 heteroatoms. The summed E-state index contributed by atoms with van der Waals surface area (Å²) in [7, 11) is 0. The lowest BCUT2D eigenvalue weighted by Crippen LogP contribution is -2.28. The largest absolute Gasteiger partial charge is 0.481 e. The predicted octanol–water partition coefficient (Wildman–Crippen LogP) is 3.28. The molecule has 0 bridgehead atoms. The van der Waals surface area contributed by atoms with Crippen molar-refractivity contribution in [3.05, 3.63) is 71.3 Å². The van der Waals surface area contributed by atoms with Crippen LogP contribution in [0.15, 0.2) is 54.6 Å². The van der Waals surface area contributed by atoms with Crippen LogP contribution in [0, 0.1) is 0 Å². The predicted molar refractivity (Wildman–Crippen MR) is 77.0 cm³/mol. The van der Waals surface area contributed by atoms with Gasteiger partial charge >= 0.3 is 5.97 Å². The van der Waals surface area contributed by atoms with Crippen LogP contribution in [-0.2, 0) is 10.2 Å². The van der Waals surface area contributed by atoms with Gasteiger partial charge < -0.3 is 5.11 Å². The fraction of sp³-hybridized carbons (Fsp3) is 0.176. The lowest BCUT2D eigenvalue weighted by molar-refractivity contribution is -0.142. The highest BCUT2D eigenvalue weighted by Crippen LogP contribution is 2.24. The summed E-state index contributed by atoms with van der Waals surface area (Å²) < 4.78 is 0. The molecular weight excluding hydrogens is 252 g/mol. The zero-order valence-electron chi connectivity index (χ0n) is 11.5. The first-order valence-electron chi connectivity index (χ1n) is 6.36. The van der Waals surface area contributed by atoms with Crippen LogP contribution in [0.25, 0.3) is 0 Å². The number of hydrogen-bond acceptors (Lipinski definition) is 2. The van der Waals surface area contributed by atoms with E-state index in [9.17, 15) is 14.7 Å². The molecule has 0 atom stereocenters. The Hall–Kier alpha value is -2.42. The molecule has 0 spiro atoms. The lowest BCUT2D eigenvalue weighted by atomic mass is 9.84. The van der Waals surface area contributed by atoms with Gasteiger partial charge in [0.2, 0.25) is 0 Å². The van der Waals surface area contributed by atoms with Gasteiger partial charge in [-0.15, -0.1) is 0 Å². The zero-order chi connectivity index (χ0) is 14.8. The summed E-state index contributed by atoms with van der Waals surface area (Å²) in [6, 6.07) is 15.8. The third-order valence-corrected chi connectivity index (χ3v) is 3.44. The van der Waals surface area contributed by atoms with Gasteiger partial charge in [-0.1, -0.05) is 54.6 Å². The SMILES string of the molecule is CC(C)(C(=O)O)c1ccc(C(=O)c2ccccc2)cc1. The van der Waals surface area contributed by atoms with Crippen LogP contribution < -0.4 is 0 Å². The summed E-state index contributed by atoms with van der Waals surface area (Å²) >= 11 is 0. The second-order valence-corrected chi connectivity index (χ2v) is 5.20. The second-order valence-electron chi connectivity index (χ2n) is 5.20. The minimum absolute atomic E-state index is 0.0646. The van der Waals surface area contributed by atoms with E-state index in [1.807, 2.05) is 18.2 Å². The smallest absolute Gasteiger partial charge is 0.313 e. The molecule has 1 N–H and O–H groups in total. The second kappa shape index (κ2) is 5.29. The Balaban J connectivity index is 2.30. The molecule has 20 heavy (non-hydrogen) atoms. The van der Waals surface area contributed by atoms with E-state index in [0.717, 1.165) is 0 Å². The molecule has 102 valence electrons. The van der Waals surface area contributed by atoms with E-state index < -0.39 is 11.4 Å². The van der Waals surface area contributed by atoms with Crippen molar-refractivity contribution in [3.8, 4) is 0 Å². The molecule has 0 aliphatic carbocycles. The zero-order valence-corrected chi connectivity index (χ0v) is 11.5. The Morgan fingerprint density at radius 3 is 1.85 bits per heavy atom. The number of carboxylic acid groups (broad SMARTS) is 1. The maximum Gasteiger partial charge on any atom is 0.313 e. The number of rotatable bonds is 4. The molecule has 0 amide bonds. The summed E-state index contributed by atoms with van der Waals surface area (Å²) in [4.78, 5) is 23.4. The molecule has 0 saturated heterocycles. The van der Waals surface area contributed by atoms with Gasteiger partial charge in [0, 0.05) is 11.1 Å². The number of carbonyl (C=O) groups is 2. The Kier molecular flexibility index (Phi) is 3.70. The monoisotopic (exact) mass is 268 g/mol. The van der Waals surface area contributed by atoms with Crippen molar-refractivity contribution in [1.82, 2.24) is 0 Å². The quantitative estimate of drug-likeness (QED) is 0.866. The highest BCUT2D eigenvalue weighted by molar-refractivity contribution is 6.09. The third-order valence-electron chi connectivity index (χ3n) is 3.44. The fourth-order valence-corrected chi connectivity index (χ4v) is 1.92. The molecule has 2 rings (SSSR count). The highest BCUT2D eigenvalue weighted by atomic mass is 16.4. The Labute approximate surface area is 117 Å². The fourth-order valence-electron chi connectivity index (χ4n) is 1.92. The summed E-state index contributed by atoms with van der Waals surface area (Å²) in [5.74, 6) is -0.954. The van der Waals surface area contributed by atoms with E-state index in [1.165, 1.54) is 0 Å². The molecule has 2 aromatic carbocycles. The molecule has 0 fully saturated rings. The normalized spacial score (nSPS) is 11.1. The van der Waals surface area contributed by atoms with Crippen LogP contribution in [0.1, 0.15) is 35.3 Å². The maximum absolute atomic E-state index is 12.2. The molecule has 0 heterocycles. The minimum atomic E-state index is -0.964. The molecule has 0 unspecified atom stereocenters. The van der Waals surface area contributed by atoms with Crippen LogP contribution in [0.2, 0.25) is 0 Å². The summed E-state index contributed by atoms with van der Waals surface area (Å²) in [6.45, 7) is 3.28. The van der Waals surface area contributed by atoms with E-state index in [0.29, 0.717) is 16.7 Å². The van der Waals surface area contributed by atoms with Gasteiger partial charge in [0.1, 0.15) is 0 Å². The van der Waals surface area contributed by atoms with Crippen molar-refractivity contribution in [2.75, 3.05) is 0 Å². The van der Waals surface area contributed by atoms with E-state index in [4.69, 9.17) is 0 Å². The minimum Gasteiger partial charge on any atom is -0.481 e. The van der Waals surface area contributed by atoms with Gasteiger partial charge in [0.05, 0.1) is 5.41 Å². The van der Waals surface area contributed by atoms with Crippen LogP contribution in [-0.4, -0.2) is 16.9 Å². The molecule has 0 saturated carbocycles. The van der Waals surface area contributed by atoms with Gasteiger partial charge in [-0.3, -0.25) is 9.59 Å². The average molecular weight is 268 g/mol. The molecule has 0 aromatic heterocycles. The molecule has 0 radical (unpaired) electrons. The summed E-state index contributed by atoms with van der Waals surface area (Å²) in [5, 5.41) is 9.18.